The van der Waals surface area contributed by atoms with Crippen LogP contribution in [0.5, 0.6) is 0 Å². The molecule has 2 saturated heterocycles. The van der Waals surface area contributed by atoms with Crippen LogP contribution in [-0.4, -0.2) is 90.2 Å². The summed E-state index contributed by atoms with van der Waals surface area (Å²) >= 11 is 0. The number of likely N-dealkylation sites (tertiary alicyclic amines) is 2. The highest BCUT2D eigenvalue weighted by atomic mass is 16.6. The first-order valence-corrected chi connectivity index (χ1v) is 23.9. The van der Waals surface area contributed by atoms with E-state index in [1.54, 1.807) is 0 Å². The maximum absolute atomic E-state index is 13.8. The standard InChI is InChI=1S/C47H90N2O6/c1-5-9-13-17-21-27-42(28-22-18-14-10-6-2)44(51)54-40-47(53,49-36-32-46(33-37-49)31-35-48(39-46)34-25-26-38-50)41-55-45(52)43(29-23-19-15-11-7-3)30-24-20-16-12-8-4/h42-43,50,53H,5-41H2,1-4H3. The van der Waals surface area contributed by atoms with E-state index in [9.17, 15) is 19.8 Å². The molecule has 2 fully saturated rings. The van der Waals surface area contributed by atoms with Gasteiger partial charge in [0.25, 0.3) is 0 Å². The van der Waals surface area contributed by atoms with Gasteiger partial charge in [0.1, 0.15) is 13.2 Å². The van der Waals surface area contributed by atoms with Crippen molar-refractivity contribution in [2.45, 2.75) is 220 Å². The first kappa shape index (κ1) is 49.9. The van der Waals surface area contributed by atoms with Crippen molar-refractivity contribution in [1.29, 1.82) is 0 Å². The number of aliphatic hydroxyl groups excluding tert-OH is 1. The van der Waals surface area contributed by atoms with Crippen molar-refractivity contribution < 1.29 is 29.3 Å². The largest absolute Gasteiger partial charge is 0.461 e. The molecule has 0 saturated carbocycles. The minimum Gasteiger partial charge on any atom is -0.461 e. The number of piperidine rings is 1. The zero-order chi connectivity index (χ0) is 40.0. The molecule has 1 spiro atoms. The predicted octanol–water partition coefficient (Wildman–Crippen LogP) is 11.0. The van der Waals surface area contributed by atoms with Gasteiger partial charge in [0, 0.05) is 26.2 Å². The molecule has 0 aromatic carbocycles. The number of carbonyl (C=O) groups excluding carboxylic acids is 2. The van der Waals surface area contributed by atoms with Crippen LogP contribution >= 0.6 is 0 Å². The second-order valence-corrected chi connectivity index (χ2v) is 17.8. The lowest BCUT2D eigenvalue weighted by Gasteiger charge is -2.46. The highest BCUT2D eigenvalue weighted by Gasteiger charge is 2.46. The zero-order valence-electron chi connectivity index (χ0n) is 36.7. The maximum atomic E-state index is 13.8. The van der Waals surface area contributed by atoms with Gasteiger partial charge in [-0.1, -0.05) is 156 Å². The van der Waals surface area contributed by atoms with Crippen LogP contribution in [0.15, 0.2) is 0 Å². The van der Waals surface area contributed by atoms with E-state index in [1.165, 1.54) is 77.0 Å². The predicted molar refractivity (Wildman–Crippen MR) is 228 cm³/mol. The fourth-order valence-electron chi connectivity index (χ4n) is 9.04. The first-order chi connectivity index (χ1) is 26.8. The van der Waals surface area contributed by atoms with E-state index in [1.807, 2.05) is 0 Å². The summed E-state index contributed by atoms with van der Waals surface area (Å²) in [5.74, 6) is -0.703. The molecular weight excluding hydrogens is 689 g/mol. The Morgan fingerprint density at radius 3 is 1.33 bits per heavy atom. The maximum Gasteiger partial charge on any atom is 0.309 e. The van der Waals surface area contributed by atoms with E-state index in [-0.39, 0.29) is 49.0 Å². The molecule has 324 valence electrons. The van der Waals surface area contributed by atoms with E-state index in [0.717, 1.165) is 129 Å². The molecule has 2 N–H and O–H groups in total. The fourth-order valence-corrected chi connectivity index (χ4v) is 9.04. The Bertz CT molecular complexity index is 878. The number of esters is 2. The van der Waals surface area contributed by atoms with Gasteiger partial charge in [-0.05, 0) is 76.3 Å². The van der Waals surface area contributed by atoms with E-state index < -0.39 is 5.72 Å². The molecule has 2 heterocycles. The monoisotopic (exact) mass is 779 g/mol. The van der Waals surface area contributed by atoms with Crippen LogP contribution in [0.25, 0.3) is 0 Å². The number of unbranched alkanes of at least 4 members (excludes halogenated alkanes) is 17. The molecule has 0 radical (unpaired) electrons. The number of rotatable bonds is 35. The van der Waals surface area contributed by atoms with Gasteiger partial charge >= 0.3 is 11.9 Å². The summed E-state index contributed by atoms with van der Waals surface area (Å²) in [5.41, 5.74) is -1.32. The van der Waals surface area contributed by atoms with Crippen LogP contribution in [0, 0.1) is 17.3 Å². The Hall–Kier alpha value is -1.22. The Balaban J connectivity index is 2.15. The quantitative estimate of drug-likeness (QED) is 0.0485. The molecule has 0 bridgehead atoms. The van der Waals surface area contributed by atoms with Crippen molar-refractivity contribution in [1.82, 2.24) is 9.80 Å². The van der Waals surface area contributed by atoms with Crippen LogP contribution in [0.3, 0.4) is 0 Å². The van der Waals surface area contributed by atoms with Gasteiger partial charge in [0.05, 0.1) is 11.8 Å². The lowest BCUT2D eigenvalue weighted by molar-refractivity contribution is -0.206. The van der Waals surface area contributed by atoms with Gasteiger partial charge in [-0.3, -0.25) is 14.5 Å². The number of hydrogen-bond donors (Lipinski definition) is 2. The molecule has 0 aromatic rings. The van der Waals surface area contributed by atoms with Gasteiger partial charge in [0.15, 0.2) is 5.72 Å². The molecule has 8 nitrogen and oxygen atoms in total. The summed E-state index contributed by atoms with van der Waals surface area (Å²) in [6, 6.07) is 0. The molecular formula is C47H90N2O6. The molecule has 0 atom stereocenters. The molecule has 2 rings (SSSR count). The Morgan fingerprint density at radius 1 is 0.564 bits per heavy atom. The van der Waals surface area contributed by atoms with Crippen LogP contribution < -0.4 is 0 Å². The van der Waals surface area contributed by atoms with E-state index >= 15 is 0 Å². The highest BCUT2D eigenvalue weighted by molar-refractivity contribution is 5.73. The third-order valence-corrected chi connectivity index (χ3v) is 13.0. The summed E-state index contributed by atoms with van der Waals surface area (Å²) in [4.78, 5) is 32.2. The SMILES string of the molecule is CCCCCCCC(CCCCCCC)C(=O)OCC(O)(COC(=O)C(CCCCCCC)CCCCCCC)N1CCC2(CCN(CCCCO)C2)CC1. The average Bonchev–Trinajstić information content (AvgIpc) is 3.58. The second kappa shape index (κ2) is 30.8. The third kappa shape index (κ3) is 20.9. The number of hydrogen-bond acceptors (Lipinski definition) is 8. The van der Waals surface area contributed by atoms with E-state index in [4.69, 9.17) is 9.47 Å². The van der Waals surface area contributed by atoms with Crippen molar-refractivity contribution >= 4 is 11.9 Å². The fraction of sp³-hybridized carbons (Fsp3) is 0.957. The van der Waals surface area contributed by atoms with Crippen molar-refractivity contribution in [3.63, 3.8) is 0 Å². The van der Waals surface area contributed by atoms with Gasteiger partial charge in [0.2, 0.25) is 0 Å². The van der Waals surface area contributed by atoms with Gasteiger partial charge in [-0.15, -0.1) is 0 Å². The second-order valence-electron chi connectivity index (χ2n) is 17.8. The zero-order valence-corrected chi connectivity index (χ0v) is 36.7. The van der Waals surface area contributed by atoms with Crippen molar-refractivity contribution in [3.8, 4) is 0 Å². The number of nitrogens with zero attached hydrogens (tertiary/aromatic N) is 2. The molecule has 0 aromatic heterocycles. The topological polar surface area (TPSA) is 99.5 Å². The first-order valence-electron chi connectivity index (χ1n) is 23.9. The minimum absolute atomic E-state index is 0.153. The minimum atomic E-state index is -1.55. The van der Waals surface area contributed by atoms with Gasteiger partial charge in [-0.25, -0.2) is 0 Å². The lowest BCUT2D eigenvalue weighted by Crippen LogP contribution is -2.59. The van der Waals surface area contributed by atoms with Crippen molar-refractivity contribution in [2.75, 3.05) is 52.5 Å². The van der Waals surface area contributed by atoms with Crippen LogP contribution in [0.4, 0.5) is 0 Å². The van der Waals surface area contributed by atoms with E-state index in [0.29, 0.717) is 13.1 Å². The van der Waals surface area contributed by atoms with Gasteiger partial charge < -0.3 is 24.6 Å². The molecule has 8 heteroatoms. The molecule has 55 heavy (non-hydrogen) atoms. The molecule has 0 amide bonds. The summed E-state index contributed by atoms with van der Waals surface area (Å²) in [7, 11) is 0. The number of aliphatic hydroxyl groups is 2. The average molecular weight is 779 g/mol. The van der Waals surface area contributed by atoms with Crippen LogP contribution in [0.2, 0.25) is 0 Å². The van der Waals surface area contributed by atoms with Crippen LogP contribution in [-0.2, 0) is 19.1 Å². The Labute approximate surface area is 339 Å². The molecule has 0 aliphatic carbocycles. The highest BCUT2D eigenvalue weighted by Crippen LogP contribution is 2.42. The van der Waals surface area contributed by atoms with Gasteiger partial charge in [-0.2, -0.15) is 0 Å². The lowest BCUT2D eigenvalue weighted by atomic mass is 9.77. The summed E-state index contributed by atoms with van der Waals surface area (Å²) < 4.78 is 12.2. The van der Waals surface area contributed by atoms with E-state index in [2.05, 4.69) is 37.5 Å². The molecule has 0 unspecified atom stereocenters. The van der Waals surface area contributed by atoms with Crippen molar-refractivity contribution in [3.05, 3.63) is 0 Å². The number of carbonyl (C=O) groups is 2. The van der Waals surface area contributed by atoms with Crippen LogP contribution in [0.1, 0.15) is 214 Å². The third-order valence-electron chi connectivity index (χ3n) is 13.0. The molecule has 2 aliphatic heterocycles. The number of ether oxygens (including phenoxy) is 2. The normalized spacial score (nSPS) is 16.5. The smallest absolute Gasteiger partial charge is 0.309 e. The Kier molecular flexibility index (Phi) is 28.0. The Morgan fingerprint density at radius 2 is 0.945 bits per heavy atom. The summed E-state index contributed by atoms with van der Waals surface area (Å²) in [6.07, 6.45) is 31.5. The summed E-state index contributed by atoms with van der Waals surface area (Å²) in [6.45, 7) is 13.4. The summed E-state index contributed by atoms with van der Waals surface area (Å²) in [5, 5.41) is 21.7. The molecule has 2 aliphatic rings. The van der Waals surface area contributed by atoms with Crippen molar-refractivity contribution in [2.24, 2.45) is 17.3 Å².